The summed E-state index contributed by atoms with van der Waals surface area (Å²) in [4.78, 5) is 24.1. The normalized spacial score (nSPS) is 18.2. The number of benzene rings is 1. The first kappa shape index (κ1) is 29.0. The number of rotatable bonds is 7. The summed E-state index contributed by atoms with van der Waals surface area (Å²) in [6, 6.07) is 6.11. The highest BCUT2D eigenvalue weighted by molar-refractivity contribution is 5.97. The van der Waals surface area contributed by atoms with Gasteiger partial charge in [-0.15, -0.1) is 5.10 Å². The number of allylic oxidation sites excluding steroid dienone is 5. The lowest BCUT2D eigenvalue weighted by Gasteiger charge is -2.23. The van der Waals surface area contributed by atoms with Crippen molar-refractivity contribution in [2.45, 2.75) is 31.3 Å². The smallest absolute Gasteiger partial charge is 0.356 e. The second-order valence-electron chi connectivity index (χ2n) is 8.97. The Kier molecular flexibility index (Phi) is 8.14. The number of anilines is 1. The molecule has 0 bridgehead atoms. The minimum Gasteiger partial charge on any atom is -0.356 e. The number of aromatic nitrogens is 2. The van der Waals surface area contributed by atoms with Crippen LogP contribution in [0.4, 0.5) is 40.9 Å². The molecule has 1 fully saturated rings. The summed E-state index contributed by atoms with van der Waals surface area (Å²) < 4.78 is 111. The zero-order valence-electron chi connectivity index (χ0n) is 20.2. The Balaban J connectivity index is 1.68. The van der Waals surface area contributed by atoms with Crippen molar-refractivity contribution < 1.29 is 49.4 Å². The number of carbonyl (C=O) groups is 2. The van der Waals surface area contributed by atoms with Gasteiger partial charge in [-0.25, -0.2) is 13.5 Å². The number of halogens is 8. The predicted octanol–water partition coefficient (Wildman–Crippen LogP) is 5.16. The monoisotopic (exact) mass is 576 g/mol. The van der Waals surface area contributed by atoms with Gasteiger partial charge < -0.3 is 15.4 Å². The molecular formula is C25H20F8N4O3. The van der Waals surface area contributed by atoms with Crippen LogP contribution in [-0.2, 0) is 14.3 Å². The van der Waals surface area contributed by atoms with Gasteiger partial charge in [0, 0.05) is 24.6 Å². The van der Waals surface area contributed by atoms with Crippen LogP contribution in [0.15, 0.2) is 60.0 Å². The van der Waals surface area contributed by atoms with E-state index >= 15 is 0 Å². The zero-order chi connectivity index (χ0) is 29.2. The number of hydrogen-bond donors (Lipinski definition) is 2. The molecule has 1 aromatic heterocycles. The summed E-state index contributed by atoms with van der Waals surface area (Å²) in [7, 11) is 0. The summed E-state index contributed by atoms with van der Waals surface area (Å²) in [5.74, 6) is -3.05. The minimum atomic E-state index is -5.73. The van der Waals surface area contributed by atoms with E-state index in [4.69, 9.17) is 0 Å². The van der Waals surface area contributed by atoms with Gasteiger partial charge >= 0.3 is 12.4 Å². The molecule has 1 aromatic carbocycles. The topological polar surface area (TPSA) is 85.2 Å². The average Bonchev–Trinajstić information content (AvgIpc) is 3.42. The Morgan fingerprint density at radius 3 is 2.38 bits per heavy atom. The van der Waals surface area contributed by atoms with Gasteiger partial charge in [0.1, 0.15) is 11.6 Å². The van der Waals surface area contributed by atoms with Crippen molar-refractivity contribution in [3.8, 4) is 5.69 Å². The zero-order valence-corrected chi connectivity index (χ0v) is 20.2. The van der Waals surface area contributed by atoms with Gasteiger partial charge in [-0.3, -0.25) is 9.59 Å². The molecule has 2 amide bonds. The summed E-state index contributed by atoms with van der Waals surface area (Å²) in [6.07, 6.45) is -12.8. The summed E-state index contributed by atoms with van der Waals surface area (Å²) in [6.45, 7) is -1.03. The number of amides is 2. The predicted molar refractivity (Wildman–Crippen MR) is 125 cm³/mol. The maximum Gasteiger partial charge on any atom is 0.423 e. The van der Waals surface area contributed by atoms with E-state index < -0.39 is 48.5 Å². The van der Waals surface area contributed by atoms with Crippen LogP contribution >= 0.6 is 0 Å². The Morgan fingerprint density at radius 2 is 1.77 bits per heavy atom. The van der Waals surface area contributed by atoms with Gasteiger partial charge in [0.15, 0.2) is 5.82 Å². The highest BCUT2D eigenvalue weighted by atomic mass is 19.4. The van der Waals surface area contributed by atoms with E-state index in [-0.39, 0.29) is 53.6 Å². The average molecular weight is 576 g/mol. The lowest BCUT2D eigenvalue weighted by molar-refractivity contribution is -0.320. The number of nitrogens with one attached hydrogen (secondary N) is 2. The van der Waals surface area contributed by atoms with E-state index in [1.807, 2.05) is 0 Å². The molecule has 0 saturated carbocycles. The lowest BCUT2D eigenvalue weighted by Crippen LogP contribution is -2.44. The third-order valence-electron chi connectivity index (χ3n) is 5.92. The van der Waals surface area contributed by atoms with Gasteiger partial charge in [0.05, 0.1) is 23.9 Å². The summed E-state index contributed by atoms with van der Waals surface area (Å²) in [5, 5.41) is 9.29. The van der Waals surface area contributed by atoms with Crippen molar-refractivity contribution in [3.63, 3.8) is 0 Å². The molecule has 0 radical (unpaired) electrons. The highest BCUT2D eigenvalue weighted by Gasteiger charge is 2.58. The van der Waals surface area contributed by atoms with Crippen LogP contribution in [0, 0.1) is 11.7 Å². The molecule has 2 heterocycles. The van der Waals surface area contributed by atoms with Gasteiger partial charge in [-0.1, -0.05) is 6.08 Å². The van der Waals surface area contributed by atoms with Crippen LogP contribution < -0.4 is 10.6 Å². The second-order valence-corrected chi connectivity index (χ2v) is 8.97. The fourth-order valence-electron chi connectivity index (χ4n) is 4.02. The van der Waals surface area contributed by atoms with E-state index in [0.29, 0.717) is 0 Å². The molecule has 2 aromatic rings. The molecule has 1 saturated heterocycles. The SMILES string of the molecule is O=C1C[C@H](C(=O)Nc2cc(C3=CC(F)=CCC(COC(C(F)(F)F)C(F)(F)F)=C3)n(-c3ccc(F)cc3)n2)CN1. The maximum absolute atomic E-state index is 14.5. The van der Waals surface area contributed by atoms with Crippen LogP contribution in [0.2, 0.25) is 0 Å². The molecule has 7 nitrogen and oxygen atoms in total. The number of nitrogens with zero attached hydrogens (tertiary/aromatic N) is 2. The van der Waals surface area contributed by atoms with Gasteiger partial charge in [-0.2, -0.15) is 26.3 Å². The van der Waals surface area contributed by atoms with E-state index in [9.17, 15) is 44.7 Å². The lowest BCUT2D eigenvalue weighted by atomic mass is 10.1. The number of alkyl halides is 6. The molecule has 1 atom stereocenters. The highest BCUT2D eigenvalue weighted by Crippen LogP contribution is 2.37. The first-order chi connectivity index (χ1) is 18.7. The third kappa shape index (κ3) is 6.94. The molecule has 0 spiro atoms. The summed E-state index contributed by atoms with van der Waals surface area (Å²) >= 11 is 0. The van der Waals surface area contributed by atoms with Crippen molar-refractivity contribution in [2.24, 2.45) is 5.92 Å². The summed E-state index contributed by atoms with van der Waals surface area (Å²) in [5.41, 5.74) is 0.152. The molecular weight excluding hydrogens is 556 g/mol. The van der Waals surface area contributed by atoms with Crippen molar-refractivity contribution in [1.82, 2.24) is 15.1 Å². The van der Waals surface area contributed by atoms with E-state index in [1.54, 1.807) is 0 Å². The number of ether oxygens (including phenoxy) is 1. The van der Waals surface area contributed by atoms with Gasteiger partial charge in [0.2, 0.25) is 17.9 Å². The van der Waals surface area contributed by atoms with Gasteiger partial charge in [-0.05, 0) is 48.4 Å². The first-order valence-corrected chi connectivity index (χ1v) is 11.7. The van der Waals surface area contributed by atoms with Crippen LogP contribution in [0.3, 0.4) is 0 Å². The van der Waals surface area contributed by atoms with Crippen molar-refractivity contribution in [3.05, 3.63) is 71.5 Å². The minimum absolute atomic E-state index is 0.0320. The molecule has 40 heavy (non-hydrogen) atoms. The second kappa shape index (κ2) is 11.2. The van der Waals surface area contributed by atoms with E-state index in [2.05, 4.69) is 20.5 Å². The van der Waals surface area contributed by atoms with Crippen LogP contribution in [0.5, 0.6) is 0 Å². The van der Waals surface area contributed by atoms with E-state index in [0.717, 1.165) is 30.4 Å². The molecule has 214 valence electrons. The number of carbonyl (C=O) groups excluding carboxylic acids is 2. The molecule has 2 N–H and O–H groups in total. The maximum atomic E-state index is 14.5. The largest absolute Gasteiger partial charge is 0.423 e. The quantitative estimate of drug-likeness (QED) is 0.446. The van der Waals surface area contributed by atoms with Crippen molar-refractivity contribution in [2.75, 3.05) is 18.5 Å². The van der Waals surface area contributed by atoms with E-state index in [1.165, 1.54) is 22.9 Å². The molecule has 4 rings (SSSR count). The Labute approximate surface area is 221 Å². The fourth-order valence-corrected chi connectivity index (χ4v) is 4.02. The van der Waals surface area contributed by atoms with Gasteiger partial charge in [0.25, 0.3) is 0 Å². The molecule has 1 aliphatic heterocycles. The van der Waals surface area contributed by atoms with Crippen LogP contribution in [0.25, 0.3) is 11.3 Å². The van der Waals surface area contributed by atoms with Crippen LogP contribution in [0.1, 0.15) is 18.5 Å². The number of hydrogen-bond acceptors (Lipinski definition) is 4. The molecule has 1 aliphatic carbocycles. The van der Waals surface area contributed by atoms with Crippen molar-refractivity contribution >= 4 is 23.2 Å². The van der Waals surface area contributed by atoms with Crippen molar-refractivity contribution in [1.29, 1.82) is 0 Å². The fraction of sp³-hybridized carbons (Fsp3) is 0.320. The first-order valence-electron chi connectivity index (χ1n) is 11.7. The standard InChI is InChI=1S/C25H20F8N4O3/c26-16-3-5-18(6-4-16)37-19(10-20(36-37)35-22(39)15-9-21(38)34-11-15)14-7-13(1-2-17(27)8-14)12-40-23(24(28,29)30)25(31,32)33/h2-8,10,15,23H,1,9,11-12H2,(H,34,38)(H,35,36,39)/t15-/m0/s1. The third-order valence-corrected chi connectivity index (χ3v) is 5.92. The molecule has 2 aliphatic rings. The Bertz CT molecular complexity index is 1360. The molecule has 0 unspecified atom stereocenters. The van der Waals surface area contributed by atoms with Crippen LogP contribution in [-0.4, -0.2) is 53.2 Å². The Hall–Kier alpha value is -4.01. The molecule has 15 heteroatoms. The Morgan fingerprint density at radius 1 is 1.10 bits per heavy atom.